The van der Waals surface area contributed by atoms with E-state index < -0.39 is 5.60 Å². The molecule has 0 unspecified atom stereocenters. The maximum absolute atomic E-state index is 13.2. The van der Waals surface area contributed by atoms with E-state index in [0.717, 1.165) is 30.2 Å². The van der Waals surface area contributed by atoms with Crippen molar-refractivity contribution in [1.29, 1.82) is 0 Å². The van der Waals surface area contributed by atoms with Gasteiger partial charge in [-0.2, -0.15) is 10.1 Å². The van der Waals surface area contributed by atoms with Crippen LogP contribution >= 0.6 is 0 Å². The second-order valence-electron chi connectivity index (χ2n) is 10.4. The largest absolute Gasteiger partial charge is 0.384 e. The molecule has 5 aromatic rings. The second-order valence-corrected chi connectivity index (χ2v) is 10.4. The number of allylic oxidation sites excluding steroid dienone is 1. The van der Waals surface area contributed by atoms with Gasteiger partial charge in [0.2, 0.25) is 5.95 Å². The van der Waals surface area contributed by atoms with Crippen LogP contribution in [0.5, 0.6) is 0 Å². The van der Waals surface area contributed by atoms with Crippen LogP contribution < -0.4 is 15.8 Å². The first-order valence-corrected chi connectivity index (χ1v) is 13.3. The molecule has 0 bridgehead atoms. The van der Waals surface area contributed by atoms with Crippen LogP contribution in [0.15, 0.2) is 78.5 Å². The Bertz CT molecular complexity index is 1740. The van der Waals surface area contributed by atoms with Crippen LogP contribution in [0.25, 0.3) is 22.5 Å². The SMILES string of the molecule is C=CCn1c(=O)c2cnc(Nc3ccc(-n4cc(N5CCCC5)cn4)cc3)nc2n1-c1cccc(C(C)(C)O)n1. The first kappa shape index (κ1) is 25.5. The second kappa shape index (κ2) is 10.1. The van der Waals surface area contributed by atoms with Gasteiger partial charge in [0, 0.05) is 25.0 Å². The van der Waals surface area contributed by atoms with Crippen molar-refractivity contribution in [1.82, 2.24) is 34.1 Å². The normalized spacial score (nSPS) is 13.7. The van der Waals surface area contributed by atoms with Crippen molar-refractivity contribution in [3.05, 3.63) is 89.8 Å². The van der Waals surface area contributed by atoms with Crippen LogP contribution in [0, 0.1) is 0 Å². The number of aliphatic hydroxyl groups is 1. The van der Waals surface area contributed by atoms with Crippen LogP contribution in [0.3, 0.4) is 0 Å². The number of anilines is 3. The predicted octanol–water partition coefficient (Wildman–Crippen LogP) is 3.92. The van der Waals surface area contributed by atoms with Crippen molar-refractivity contribution in [2.75, 3.05) is 23.3 Å². The lowest BCUT2D eigenvalue weighted by Gasteiger charge is -2.18. The summed E-state index contributed by atoms with van der Waals surface area (Å²) in [6.07, 6.45) is 9.55. The number of nitrogens with zero attached hydrogens (tertiary/aromatic N) is 8. The maximum atomic E-state index is 13.2. The quantitative estimate of drug-likeness (QED) is 0.286. The van der Waals surface area contributed by atoms with Crippen molar-refractivity contribution in [2.45, 2.75) is 38.8 Å². The van der Waals surface area contributed by atoms with Gasteiger partial charge in [0.1, 0.15) is 11.0 Å². The van der Waals surface area contributed by atoms with E-state index >= 15 is 0 Å². The number of nitrogens with one attached hydrogen (secondary N) is 1. The fraction of sp³-hybridized carbons (Fsp3) is 0.276. The zero-order valence-electron chi connectivity index (χ0n) is 22.5. The first-order chi connectivity index (χ1) is 19.3. The monoisotopic (exact) mass is 537 g/mol. The summed E-state index contributed by atoms with van der Waals surface area (Å²) in [7, 11) is 0. The lowest BCUT2D eigenvalue weighted by molar-refractivity contribution is 0.0738. The zero-order valence-corrected chi connectivity index (χ0v) is 22.5. The topological polar surface area (TPSA) is 119 Å². The average Bonchev–Trinajstić information content (AvgIpc) is 3.70. The Labute approximate surface area is 231 Å². The molecule has 5 heterocycles. The van der Waals surface area contributed by atoms with Gasteiger partial charge in [-0.05, 0) is 63.1 Å². The summed E-state index contributed by atoms with van der Waals surface area (Å²) in [5.41, 5.74) is 2.33. The molecular formula is C29H31N9O2. The Kier molecular flexibility index (Phi) is 6.43. The molecule has 1 fully saturated rings. The molecule has 40 heavy (non-hydrogen) atoms. The Morgan fingerprint density at radius 3 is 2.55 bits per heavy atom. The van der Waals surface area contributed by atoms with Gasteiger partial charge in [0.05, 0.1) is 36.0 Å². The summed E-state index contributed by atoms with van der Waals surface area (Å²) in [5.74, 6) is 0.786. The van der Waals surface area contributed by atoms with Crippen molar-refractivity contribution < 1.29 is 5.11 Å². The minimum atomic E-state index is -1.15. The molecule has 0 radical (unpaired) electrons. The first-order valence-electron chi connectivity index (χ1n) is 13.3. The standard InChI is InChI=1S/C29H31N9O2/c1-4-14-37-27(39)23-18-30-28(34-26(23)38(37)25-9-7-8-24(33-25)29(2,3)40)32-20-10-12-21(13-11-20)36-19-22(17-31-36)35-15-5-6-16-35/h4,7-13,17-19,40H,1,5-6,14-16H2,2-3H3,(H,30,32,34). The van der Waals surface area contributed by atoms with Crippen molar-refractivity contribution in [3.63, 3.8) is 0 Å². The molecule has 2 N–H and O–H groups in total. The highest BCUT2D eigenvalue weighted by Crippen LogP contribution is 2.24. The molecule has 1 aromatic carbocycles. The Balaban J connectivity index is 1.32. The van der Waals surface area contributed by atoms with E-state index in [4.69, 9.17) is 4.98 Å². The summed E-state index contributed by atoms with van der Waals surface area (Å²) >= 11 is 0. The summed E-state index contributed by atoms with van der Waals surface area (Å²) < 4.78 is 5.01. The van der Waals surface area contributed by atoms with Gasteiger partial charge in [0.25, 0.3) is 5.56 Å². The fourth-order valence-electron chi connectivity index (χ4n) is 4.91. The Hall–Kier alpha value is -4.77. The highest BCUT2D eigenvalue weighted by atomic mass is 16.3. The minimum Gasteiger partial charge on any atom is -0.384 e. The predicted molar refractivity (Wildman–Crippen MR) is 155 cm³/mol. The third-order valence-electron chi connectivity index (χ3n) is 6.98. The molecule has 4 aromatic heterocycles. The third-order valence-corrected chi connectivity index (χ3v) is 6.98. The van der Waals surface area contributed by atoms with Crippen molar-refractivity contribution in [2.24, 2.45) is 0 Å². The van der Waals surface area contributed by atoms with Crippen LogP contribution in [-0.4, -0.2) is 52.3 Å². The lowest BCUT2D eigenvalue weighted by atomic mass is 10.1. The van der Waals surface area contributed by atoms with E-state index in [1.165, 1.54) is 23.7 Å². The molecule has 6 rings (SSSR count). The summed E-state index contributed by atoms with van der Waals surface area (Å²) in [6, 6.07) is 13.1. The summed E-state index contributed by atoms with van der Waals surface area (Å²) in [5, 5.41) is 18.6. The van der Waals surface area contributed by atoms with E-state index in [1.54, 1.807) is 42.8 Å². The number of hydrogen-bond acceptors (Lipinski definition) is 8. The third kappa shape index (κ3) is 4.75. The van der Waals surface area contributed by atoms with Gasteiger partial charge >= 0.3 is 0 Å². The summed E-state index contributed by atoms with van der Waals surface area (Å²) in [4.78, 5) is 29.3. The highest BCUT2D eigenvalue weighted by Gasteiger charge is 2.22. The van der Waals surface area contributed by atoms with Crippen LogP contribution in [0.4, 0.5) is 17.3 Å². The highest BCUT2D eigenvalue weighted by molar-refractivity contribution is 5.77. The van der Waals surface area contributed by atoms with Gasteiger partial charge in [-0.15, -0.1) is 6.58 Å². The number of benzene rings is 1. The average molecular weight is 538 g/mol. The fourth-order valence-corrected chi connectivity index (χ4v) is 4.91. The molecule has 0 atom stereocenters. The van der Waals surface area contributed by atoms with Crippen molar-refractivity contribution in [3.8, 4) is 11.5 Å². The van der Waals surface area contributed by atoms with Gasteiger partial charge in [0.15, 0.2) is 11.5 Å². The van der Waals surface area contributed by atoms with Crippen LogP contribution in [0.2, 0.25) is 0 Å². The minimum absolute atomic E-state index is 0.251. The molecule has 0 aliphatic carbocycles. The zero-order chi connectivity index (χ0) is 27.9. The van der Waals surface area contributed by atoms with E-state index in [2.05, 4.69) is 38.1 Å². The van der Waals surface area contributed by atoms with Gasteiger partial charge in [-0.3, -0.25) is 4.79 Å². The molecule has 204 valence electrons. The number of rotatable bonds is 8. The molecule has 1 aliphatic heterocycles. The Morgan fingerprint density at radius 1 is 1.05 bits per heavy atom. The van der Waals surface area contributed by atoms with Crippen molar-refractivity contribution >= 4 is 28.4 Å². The van der Waals surface area contributed by atoms with E-state index in [0.29, 0.717) is 28.5 Å². The Morgan fingerprint density at radius 2 is 1.82 bits per heavy atom. The number of hydrogen-bond donors (Lipinski definition) is 2. The molecule has 0 spiro atoms. The number of pyridine rings is 1. The van der Waals surface area contributed by atoms with E-state index in [1.807, 2.05) is 35.1 Å². The summed E-state index contributed by atoms with van der Waals surface area (Å²) in [6.45, 7) is 9.52. The van der Waals surface area contributed by atoms with Gasteiger partial charge < -0.3 is 15.3 Å². The van der Waals surface area contributed by atoms with E-state index in [9.17, 15) is 9.90 Å². The molecule has 1 saturated heterocycles. The van der Waals surface area contributed by atoms with Gasteiger partial charge in [-0.1, -0.05) is 12.1 Å². The molecule has 11 nitrogen and oxygen atoms in total. The molecule has 1 aliphatic rings. The smallest absolute Gasteiger partial charge is 0.278 e. The maximum Gasteiger partial charge on any atom is 0.278 e. The molecule has 0 saturated carbocycles. The van der Waals surface area contributed by atoms with Gasteiger partial charge in [-0.25, -0.2) is 24.0 Å². The van der Waals surface area contributed by atoms with Crippen LogP contribution in [-0.2, 0) is 12.1 Å². The number of aromatic nitrogens is 7. The number of fused-ring (bicyclic) bond motifs is 1. The molecule has 0 amide bonds. The molecular weight excluding hydrogens is 506 g/mol. The van der Waals surface area contributed by atoms with E-state index in [-0.39, 0.29) is 12.1 Å². The van der Waals surface area contributed by atoms with Crippen LogP contribution in [0.1, 0.15) is 32.4 Å². The lowest BCUT2D eigenvalue weighted by Crippen LogP contribution is -2.23. The molecule has 11 heteroatoms.